The van der Waals surface area contributed by atoms with Crippen LogP contribution in [0.2, 0.25) is 0 Å². The largest absolute Gasteiger partial charge is 0.487 e. The SMILES string of the molecule is Cc1c(C)c2c(OCC(=O)N[C@H]3CS(=O)(=O)C[C@H]3O)cc3c(c2oc1=O)CCC(C)(C)O3. The third-order valence-electron chi connectivity index (χ3n) is 6.14. The van der Waals surface area contributed by atoms with Crippen LogP contribution in [0.15, 0.2) is 15.3 Å². The fraction of sp³-hybridized carbons (Fsp3) is 0.545. The number of amides is 1. The molecule has 1 fully saturated rings. The quantitative estimate of drug-likeness (QED) is 0.643. The van der Waals surface area contributed by atoms with Crippen LogP contribution in [0.4, 0.5) is 0 Å². The average Bonchev–Trinajstić information content (AvgIpc) is 2.94. The van der Waals surface area contributed by atoms with E-state index in [1.807, 2.05) is 13.8 Å². The van der Waals surface area contributed by atoms with Crippen molar-refractivity contribution in [2.24, 2.45) is 0 Å². The van der Waals surface area contributed by atoms with Crippen molar-refractivity contribution in [3.63, 3.8) is 0 Å². The Morgan fingerprint density at radius 3 is 2.66 bits per heavy atom. The normalized spacial score (nSPS) is 23.4. The van der Waals surface area contributed by atoms with E-state index in [1.54, 1.807) is 19.9 Å². The van der Waals surface area contributed by atoms with E-state index in [0.29, 0.717) is 40.0 Å². The van der Waals surface area contributed by atoms with E-state index >= 15 is 0 Å². The van der Waals surface area contributed by atoms with Crippen molar-refractivity contribution in [2.45, 2.75) is 58.3 Å². The maximum absolute atomic E-state index is 12.4. The van der Waals surface area contributed by atoms with Gasteiger partial charge in [0.05, 0.1) is 29.0 Å². The zero-order valence-electron chi connectivity index (χ0n) is 18.5. The fourth-order valence-corrected chi connectivity index (χ4v) is 5.95. The zero-order chi connectivity index (χ0) is 23.4. The maximum atomic E-state index is 12.4. The van der Waals surface area contributed by atoms with Crippen molar-refractivity contribution >= 4 is 26.7 Å². The van der Waals surface area contributed by atoms with Gasteiger partial charge < -0.3 is 24.3 Å². The van der Waals surface area contributed by atoms with Crippen LogP contribution in [0.5, 0.6) is 11.5 Å². The molecular weight excluding hydrogens is 438 g/mol. The first-order valence-corrected chi connectivity index (χ1v) is 12.3. The Morgan fingerprint density at radius 1 is 1.28 bits per heavy atom. The minimum absolute atomic E-state index is 0.311. The summed E-state index contributed by atoms with van der Waals surface area (Å²) in [5, 5.41) is 13.0. The monoisotopic (exact) mass is 465 g/mol. The van der Waals surface area contributed by atoms with E-state index in [1.165, 1.54) is 0 Å². The van der Waals surface area contributed by atoms with Crippen LogP contribution in [-0.2, 0) is 21.1 Å². The number of carbonyl (C=O) groups is 1. The molecule has 0 radical (unpaired) electrons. The molecule has 174 valence electrons. The molecule has 0 bridgehead atoms. The number of carbonyl (C=O) groups excluding carboxylic acids is 1. The number of rotatable bonds is 4. The van der Waals surface area contributed by atoms with Gasteiger partial charge in [0.2, 0.25) is 0 Å². The van der Waals surface area contributed by atoms with Crippen molar-refractivity contribution < 1.29 is 32.2 Å². The van der Waals surface area contributed by atoms with Crippen LogP contribution in [0.25, 0.3) is 11.0 Å². The fourth-order valence-electron chi connectivity index (χ4n) is 4.21. The lowest BCUT2D eigenvalue weighted by Gasteiger charge is -2.33. The first-order valence-electron chi connectivity index (χ1n) is 10.5. The molecule has 1 aromatic heterocycles. The molecular formula is C22H27NO8S. The van der Waals surface area contributed by atoms with Gasteiger partial charge in [-0.25, -0.2) is 13.2 Å². The zero-order valence-corrected chi connectivity index (χ0v) is 19.3. The lowest BCUT2D eigenvalue weighted by molar-refractivity contribution is -0.124. The van der Waals surface area contributed by atoms with Crippen molar-refractivity contribution in [1.29, 1.82) is 0 Å². The Labute approximate surface area is 185 Å². The molecule has 0 aliphatic carbocycles. The third kappa shape index (κ3) is 4.21. The van der Waals surface area contributed by atoms with Crippen LogP contribution in [0, 0.1) is 13.8 Å². The first-order chi connectivity index (χ1) is 14.9. The summed E-state index contributed by atoms with van der Waals surface area (Å²) in [6.07, 6.45) is 0.267. The standard InChI is InChI=1S/C22H27NO8S/c1-11-12(2)21(26)30-20-13-5-6-22(3,4)31-16(13)7-17(19(11)20)29-8-18(25)23-14-9-32(27,28)10-15(14)24/h7,14-15,24H,5-6,8-10H2,1-4H3,(H,23,25)/t14-,15+/m0/s1. The molecule has 0 spiro atoms. The number of benzene rings is 1. The molecule has 0 saturated carbocycles. The minimum atomic E-state index is -3.39. The Kier molecular flexibility index (Phi) is 5.49. The predicted octanol–water partition coefficient (Wildman–Crippen LogP) is 1.17. The van der Waals surface area contributed by atoms with E-state index in [0.717, 1.165) is 12.0 Å². The molecule has 9 nitrogen and oxygen atoms in total. The van der Waals surface area contributed by atoms with Crippen molar-refractivity contribution in [1.82, 2.24) is 5.32 Å². The molecule has 1 aromatic carbocycles. The summed E-state index contributed by atoms with van der Waals surface area (Å²) in [5.74, 6) is -0.388. The van der Waals surface area contributed by atoms with Gasteiger partial charge in [-0.2, -0.15) is 0 Å². The number of aryl methyl sites for hydroxylation is 2. The van der Waals surface area contributed by atoms with Crippen LogP contribution < -0.4 is 20.4 Å². The number of fused-ring (bicyclic) bond motifs is 3. The molecule has 2 atom stereocenters. The van der Waals surface area contributed by atoms with E-state index in [9.17, 15) is 23.1 Å². The number of aliphatic hydroxyl groups is 1. The Hall–Kier alpha value is -2.59. The molecule has 1 saturated heterocycles. The highest BCUT2D eigenvalue weighted by atomic mass is 32.2. The van der Waals surface area contributed by atoms with Gasteiger partial charge in [0.25, 0.3) is 5.91 Å². The second-order valence-corrected chi connectivity index (χ2v) is 11.3. The van der Waals surface area contributed by atoms with Gasteiger partial charge in [-0.1, -0.05) is 0 Å². The summed E-state index contributed by atoms with van der Waals surface area (Å²) in [6, 6.07) is 0.829. The lowest BCUT2D eigenvalue weighted by atomic mass is 9.92. The lowest BCUT2D eigenvalue weighted by Crippen LogP contribution is -2.44. The highest BCUT2D eigenvalue weighted by Crippen LogP contribution is 2.43. The van der Waals surface area contributed by atoms with E-state index < -0.39 is 45.7 Å². The summed E-state index contributed by atoms with van der Waals surface area (Å²) in [4.78, 5) is 24.8. The molecule has 2 aromatic rings. The van der Waals surface area contributed by atoms with Crippen LogP contribution in [-0.4, -0.2) is 55.3 Å². The van der Waals surface area contributed by atoms with Crippen molar-refractivity contribution in [3.05, 3.63) is 33.2 Å². The van der Waals surface area contributed by atoms with Gasteiger partial charge in [-0.3, -0.25) is 4.79 Å². The smallest absolute Gasteiger partial charge is 0.339 e. The van der Waals surface area contributed by atoms with Gasteiger partial charge in [0.15, 0.2) is 16.4 Å². The van der Waals surface area contributed by atoms with Gasteiger partial charge in [0.1, 0.15) is 22.7 Å². The summed E-state index contributed by atoms with van der Waals surface area (Å²) < 4.78 is 40.8. The van der Waals surface area contributed by atoms with Crippen LogP contribution in [0.3, 0.4) is 0 Å². The number of sulfone groups is 1. The van der Waals surface area contributed by atoms with E-state index in [2.05, 4.69) is 5.32 Å². The summed E-state index contributed by atoms with van der Waals surface area (Å²) in [5.41, 5.74) is 1.47. The van der Waals surface area contributed by atoms with E-state index in [4.69, 9.17) is 13.9 Å². The minimum Gasteiger partial charge on any atom is -0.487 e. The number of hydrogen-bond acceptors (Lipinski definition) is 8. The highest BCUT2D eigenvalue weighted by Gasteiger charge is 2.37. The maximum Gasteiger partial charge on any atom is 0.339 e. The topological polar surface area (TPSA) is 132 Å². The molecule has 2 aliphatic heterocycles. The second-order valence-electron chi connectivity index (χ2n) is 9.16. The average molecular weight is 466 g/mol. The van der Waals surface area contributed by atoms with Crippen LogP contribution in [0.1, 0.15) is 37.0 Å². The van der Waals surface area contributed by atoms with Crippen molar-refractivity contribution in [3.8, 4) is 11.5 Å². The van der Waals surface area contributed by atoms with Gasteiger partial charge in [0, 0.05) is 17.2 Å². The molecule has 0 unspecified atom stereocenters. The van der Waals surface area contributed by atoms with Crippen molar-refractivity contribution in [2.75, 3.05) is 18.1 Å². The second kappa shape index (κ2) is 7.77. The Balaban J connectivity index is 1.65. The third-order valence-corrected chi connectivity index (χ3v) is 7.85. The molecule has 32 heavy (non-hydrogen) atoms. The Morgan fingerprint density at radius 2 is 2.00 bits per heavy atom. The number of nitrogens with one attached hydrogen (secondary N) is 1. The molecule has 10 heteroatoms. The molecule has 1 amide bonds. The molecule has 2 N–H and O–H groups in total. The summed E-state index contributed by atoms with van der Waals surface area (Å²) in [7, 11) is -3.39. The molecule has 3 heterocycles. The van der Waals surface area contributed by atoms with Gasteiger partial charge in [-0.05, 0) is 46.1 Å². The van der Waals surface area contributed by atoms with Gasteiger partial charge in [-0.15, -0.1) is 0 Å². The number of aliphatic hydroxyl groups excluding tert-OH is 1. The first kappa shape index (κ1) is 22.6. The Bertz CT molecular complexity index is 1260. The predicted molar refractivity (Wildman–Crippen MR) is 117 cm³/mol. The summed E-state index contributed by atoms with van der Waals surface area (Å²) >= 11 is 0. The summed E-state index contributed by atoms with van der Waals surface area (Å²) in [6.45, 7) is 6.98. The number of ether oxygens (including phenoxy) is 2. The van der Waals surface area contributed by atoms with Gasteiger partial charge >= 0.3 is 5.63 Å². The molecule has 2 aliphatic rings. The van der Waals surface area contributed by atoms with Crippen LogP contribution >= 0.6 is 0 Å². The van der Waals surface area contributed by atoms with E-state index in [-0.39, 0.29) is 11.5 Å². The highest BCUT2D eigenvalue weighted by molar-refractivity contribution is 7.91. The number of hydrogen-bond donors (Lipinski definition) is 2. The molecule has 4 rings (SSSR count).